The molecule has 5 heteroatoms. The lowest BCUT2D eigenvalue weighted by atomic mass is 9.99. The van der Waals surface area contributed by atoms with Crippen molar-refractivity contribution in [2.45, 2.75) is 25.0 Å². The number of benzene rings is 2. The summed E-state index contributed by atoms with van der Waals surface area (Å²) in [5.74, 6) is -0.260. The van der Waals surface area contributed by atoms with Gasteiger partial charge in [-0.3, -0.25) is 9.69 Å². The van der Waals surface area contributed by atoms with Crippen LogP contribution in [0.1, 0.15) is 34.9 Å². The average Bonchev–Trinajstić information content (AvgIpc) is 2.79. The van der Waals surface area contributed by atoms with Gasteiger partial charge in [0.25, 0.3) is 0 Å². The molecule has 5 nitrogen and oxygen atoms in total. The molecule has 4 rings (SSSR count). The lowest BCUT2D eigenvalue weighted by Crippen LogP contribution is -2.52. The Kier molecular flexibility index (Phi) is 6.05. The molecular weight excluding hydrogens is 350 g/mol. The number of nitrogens with one attached hydrogen (secondary N) is 1. The quantitative estimate of drug-likeness (QED) is 0.782. The highest BCUT2D eigenvalue weighted by Crippen LogP contribution is 2.24. The minimum absolute atomic E-state index is 0.260. The van der Waals surface area contributed by atoms with Gasteiger partial charge in [0.05, 0.1) is 0 Å². The van der Waals surface area contributed by atoms with E-state index in [2.05, 4.69) is 15.1 Å². The van der Waals surface area contributed by atoms with Crippen LogP contribution in [0.25, 0.3) is 0 Å². The summed E-state index contributed by atoms with van der Waals surface area (Å²) in [6.07, 6.45) is 1.39. The van der Waals surface area contributed by atoms with Gasteiger partial charge in [0.1, 0.15) is 6.10 Å². The summed E-state index contributed by atoms with van der Waals surface area (Å²) in [5, 5.41) is 13.9. The molecule has 1 atom stereocenters. The number of rotatable bonds is 5. The van der Waals surface area contributed by atoms with Gasteiger partial charge in [0.15, 0.2) is 5.78 Å². The Hall–Kier alpha value is -2.21. The Morgan fingerprint density at radius 3 is 2.21 bits per heavy atom. The van der Waals surface area contributed by atoms with E-state index in [1.807, 2.05) is 42.5 Å². The number of aliphatic hydroxyl groups excluding tert-OH is 1. The van der Waals surface area contributed by atoms with Crippen molar-refractivity contribution in [3.63, 3.8) is 0 Å². The molecule has 2 heterocycles. The second-order valence-corrected chi connectivity index (χ2v) is 7.73. The van der Waals surface area contributed by atoms with Gasteiger partial charge in [-0.1, -0.05) is 42.5 Å². The summed E-state index contributed by atoms with van der Waals surface area (Å²) in [6, 6.07) is 17.5. The van der Waals surface area contributed by atoms with Gasteiger partial charge in [-0.15, -0.1) is 0 Å². The van der Waals surface area contributed by atoms with Crippen molar-refractivity contribution in [3.05, 3.63) is 65.7 Å². The molecule has 2 aliphatic heterocycles. The number of carbonyl (C=O) groups excluding carboxylic acids is 1. The summed E-state index contributed by atoms with van der Waals surface area (Å²) >= 11 is 0. The number of piperidine rings is 1. The number of piperazine rings is 1. The second kappa shape index (κ2) is 8.86. The van der Waals surface area contributed by atoms with E-state index >= 15 is 0 Å². The largest absolute Gasteiger partial charge is 0.380 e. The fraction of sp³-hybridized carbons (Fsp3) is 0.435. The van der Waals surface area contributed by atoms with Crippen LogP contribution in [0, 0.1) is 0 Å². The van der Waals surface area contributed by atoms with Crippen molar-refractivity contribution >= 4 is 11.5 Å². The molecule has 148 valence electrons. The minimum Gasteiger partial charge on any atom is -0.380 e. The number of carbonyl (C=O) groups is 1. The van der Waals surface area contributed by atoms with Crippen molar-refractivity contribution < 1.29 is 9.90 Å². The second-order valence-electron chi connectivity index (χ2n) is 7.73. The van der Waals surface area contributed by atoms with Crippen molar-refractivity contribution in [3.8, 4) is 0 Å². The maximum Gasteiger partial charge on any atom is 0.195 e. The Bertz CT molecular complexity index is 764. The maximum atomic E-state index is 12.4. The van der Waals surface area contributed by atoms with Gasteiger partial charge in [0.2, 0.25) is 0 Å². The molecule has 0 saturated carbocycles. The highest BCUT2D eigenvalue weighted by Gasteiger charge is 2.25. The van der Waals surface area contributed by atoms with Gasteiger partial charge in [-0.05, 0) is 43.6 Å². The molecule has 2 N–H and O–H groups in total. The van der Waals surface area contributed by atoms with E-state index in [9.17, 15) is 9.90 Å². The summed E-state index contributed by atoms with van der Waals surface area (Å²) < 4.78 is 0. The first-order valence-electron chi connectivity index (χ1n) is 10.3. The van der Waals surface area contributed by atoms with E-state index < -0.39 is 6.10 Å². The topological polar surface area (TPSA) is 55.8 Å². The van der Waals surface area contributed by atoms with Gasteiger partial charge in [-0.2, -0.15) is 0 Å². The molecule has 2 saturated heterocycles. The zero-order valence-corrected chi connectivity index (χ0v) is 16.3. The van der Waals surface area contributed by atoms with Crippen molar-refractivity contribution in [2.24, 2.45) is 0 Å². The summed E-state index contributed by atoms with van der Waals surface area (Å²) in [5.41, 5.74) is 2.34. The van der Waals surface area contributed by atoms with E-state index in [1.54, 1.807) is 12.1 Å². The van der Waals surface area contributed by atoms with Crippen LogP contribution >= 0.6 is 0 Å². The lowest BCUT2D eigenvalue weighted by molar-refractivity contribution is 0.0747. The number of hydrogen-bond acceptors (Lipinski definition) is 5. The van der Waals surface area contributed by atoms with Crippen LogP contribution in [0.15, 0.2) is 54.6 Å². The highest BCUT2D eigenvalue weighted by atomic mass is 16.3. The van der Waals surface area contributed by atoms with Gasteiger partial charge in [0, 0.05) is 43.5 Å². The molecule has 0 aliphatic carbocycles. The summed E-state index contributed by atoms with van der Waals surface area (Å²) in [7, 11) is 0. The first kappa shape index (κ1) is 19.1. The van der Waals surface area contributed by atoms with E-state index in [-0.39, 0.29) is 5.78 Å². The van der Waals surface area contributed by atoms with Crippen LogP contribution in [0.5, 0.6) is 0 Å². The molecular formula is C23H29N3O2. The van der Waals surface area contributed by atoms with Gasteiger partial charge in [-0.25, -0.2) is 0 Å². The number of anilines is 1. The lowest BCUT2D eigenvalue weighted by Gasteiger charge is -2.41. The SMILES string of the molecule is O=C(c1ccccc1)C(O)c1ccc(N2CCN(C3CCNCC3)CC2)cc1. The zero-order chi connectivity index (χ0) is 19.3. The van der Waals surface area contributed by atoms with Crippen molar-refractivity contribution in [2.75, 3.05) is 44.2 Å². The van der Waals surface area contributed by atoms with Crippen LogP contribution in [0.4, 0.5) is 5.69 Å². The fourth-order valence-electron chi connectivity index (χ4n) is 4.30. The number of nitrogens with zero attached hydrogens (tertiary/aromatic N) is 2. The van der Waals surface area contributed by atoms with Crippen LogP contribution in [-0.4, -0.2) is 61.1 Å². The van der Waals surface area contributed by atoms with Crippen LogP contribution < -0.4 is 10.2 Å². The van der Waals surface area contributed by atoms with Gasteiger partial charge < -0.3 is 15.3 Å². The van der Waals surface area contributed by atoms with E-state index in [0.717, 1.165) is 51.0 Å². The number of hydrogen-bond donors (Lipinski definition) is 2. The predicted molar refractivity (Wildman–Crippen MR) is 112 cm³/mol. The Morgan fingerprint density at radius 1 is 0.929 bits per heavy atom. The number of Topliss-reactive ketones (excluding diaryl/α,β-unsaturated/α-hetero) is 1. The van der Waals surface area contributed by atoms with Crippen molar-refractivity contribution in [1.29, 1.82) is 0 Å². The third-order valence-corrected chi connectivity index (χ3v) is 6.02. The molecule has 0 spiro atoms. The highest BCUT2D eigenvalue weighted by molar-refractivity contribution is 5.99. The molecule has 2 aliphatic rings. The molecule has 2 aromatic carbocycles. The van der Waals surface area contributed by atoms with E-state index in [4.69, 9.17) is 0 Å². The monoisotopic (exact) mass is 379 g/mol. The zero-order valence-electron chi connectivity index (χ0n) is 16.3. The predicted octanol–water partition coefficient (Wildman–Crippen LogP) is 2.48. The molecule has 2 fully saturated rings. The first-order chi connectivity index (χ1) is 13.7. The molecule has 1 unspecified atom stereocenters. The van der Waals surface area contributed by atoms with Crippen LogP contribution in [0.2, 0.25) is 0 Å². The van der Waals surface area contributed by atoms with Crippen molar-refractivity contribution in [1.82, 2.24) is 10.2 Å². The molecule has 0 radical (unpaired) electrons. The number of aliphatic hydroxyl groups is 1. The summed E-state index contributed by atoms with van der Waals surface area (Å²) in [4.78, 5) is 17.5. The van der Waals surface area contributed by atoms with Crippen LogP contribution in [0.3, 0.4) is 0 Å². The Morgan fingerprint density at radius 2 is 1.57 bits per heavy atom. The minimum atomic E-state index is -1.12. The molecule has 2 aromatic rings. The molecule has 0 aromatic heterocycles. The third-order valence-electron chi connectivity index (χ3n) is 6.02. The molecule has 28 heavy (non-hydrogen) atoms. The fourth-order valence-corrected chi connectivity index (χ4v) is 4.30. The van der Waals surface area contributed by atoms with E-state index in [1.165, 1.54) is 12.8 Å². The van der Waals surface area contributed by atoms with Gasteiger partial charge >= 0.3 is 0 Å². The first-order valence-corrected chi connectivity index (χ1v) is 10.3. The smallest absolute Gasteiger partial charge is 0.195 e. The summed E-state index contributed by atoms with van der Waals surface area (Å²) in [6.45, 7) is 6.51. The molecule has 0 bridgehead atoms. The Labute approximate surface area is 167 Å². The number of ketones is 1. The average molecular weight is 380 g/mol. The molecule has 0 amide bonds. The third kappa shape index (κ3) is 4.27. The standard InChI is InChI=1S/C23H29N3O2/c27-22(18-4-2-1-3-5-18)23(28)19-6-8-20(9-7-19)25-14-16-26(17-15-25)21-10-12-24-13-11-21/h1-9,21,23-24,28H,10-17H2. The maximum absolute atomic E-state index is 12.4. The van der Waals surface area contributed by atoms with Crippen LogP contribution in [-0.2, 0) is 0 Å². The Balaban J connectivity index is 1.35. The van der Waals surface area contributed by atoms with E-state index in [0.29, 0.717) is 11.1 Å². The normalized spacial score (nSPS) is 20.1.